The zero-order valence-corrected chi connectivity index (χ0v) is 8.80. The molecule has 0 amide bonds. The van der Waals surface area contributed by atoms with Gasteiger partial charge in [0.25, 0.3) is 0 Å². The van der Waals surface area contributed by atoms with Crippen LogP contribution in [-0.4, -0.2) is 30.0 Å². The van der Waals surface area contributed by atoms with E-state index in [1.165, 1.54) is 0 Å². The van der Waals surface area contributed by atoms with Crippen molar-refractivity contribution in [3.63, 3.8) is 0 Å². The molecule has 0 heterocycles. The van der Waals surface area contributed by atoms with Crippen LogP contribution in [0.2, 0.25) is 0 Å². The second-order valence-corrected chi connectivity index (χ2v) is 3.36. The van der Waals surface area contributed by atoms with Gasteiger partial charge in [0.2, 0.25) is 0 Å². The molecule has 0 bridgehead atoms. The molecule has 1 aromatic rings. The third-order valence-corrected chi connectivity index (χ3v) is 2.21. The maximum atomic E-state index is 8.78. The highest BCUT2D eigenvalue weighted by Gasteiger charge is 2.10. The molecule has 0 radical (unpaired) electrons. The van der Waals surface area contributed by atoms with Gasteiger partial charge in [0.05, 0.1) is 19.3 Å². The van der Waals surface area contributed by atoms with Gasteiger partial charge in [-0.1, -0.05) is 30.3 Å². The minimum Gasteiger partial charge on any atom is -0.396 e. The molecular formula is C12H18O3. The number of aliphatic hydroxyl groups excluding tert-OH is 2. The van der Waals surface area contributed by atoms with Crippen molar-refractivity contribution in [2.75, 3.05) is 19.8 Å². The molecular weight excluding hydrogens is 192 g/mol. The van der Waals surface area contributed by atoms with Crippen LogP contribution in [0.3, 0.4) is 0 Å². The Balaban J connectivity index is 2.55. The molecule has 1 rings (SSSR count). The Hall–Kier alpha value is -0.900. The third kappa shape index (κ3) is 4.42. The van der Waals surface area contributed by atoms with E-state index in [0.717, 1.165) is 12.0 Å². The van der Waals surface area contributed by atoms with Gasteiger partial charge in [-0.05, 0) is 18.4 Å². The molecule has 0 aliphatic heterocycles. The highest BCUT2D eigenvalue weighted by Crippen LogP contribution is 2.21. The molecule has 3 heteroatoms. The van der Waals surface area contributed by atoms with E-state index in [4.69, 9.17) is 14.9 Å². The van der Waals surface area contributed by atoms with Crippen LogP contribution < -0.4 is 0 Å². The molecule has 1 aromatic carbocycles. The number of hydrogen-bond acceptors (Lipinski definition) is 3. The van der Waals surface area contributed by atoms with E-state index < -0.39 is 0 Å². The monoisotopic (exact) mass is 210 g/mol. The fraction of sp³-hybridized carbons (Fsp3) is 0.500. The number of benzene rings is 1. The summed E-state index contributed by atoms with van der Waals surface area (Å²) in [6, 6.07) is 9.88. The van der Waals surface area contributed by atoms with Gasteiger partial charge in [0, 0.05) is 6.61 Å². The quantitative estimate of drug-likeness (QED) is 0.717. The maximum absolute atomic E-state index is 8.78. The molecule has 84 valence electrons. The summed E-state index contributed by atoms with van der Waals surface area (Å²) in [6.45, 7) is 0.541. The Bertz CT molecular complexity index is 240. The highest BCUT2D eigenvalue weighted by atomic mass is 16.5. The van der Waals surface area contributed by atoms with E-state index in [-0.39, 0.29) is 19.3 Å². The van der Waals surface area contributed by atoms with Gasteiger partial charge in [0.1, 0.15) is 0 Å². The SMILES string of the molecule is OCCCC(OCCO)c1ccccc1. The van der Waals surface area contributed by atoms with Crippen LogP contribution in [0.1, 0.15) is 24.5 Å². The molecule has 1 unspecified atom stereocenters. The fourth-order valence-corrected chi connectivity index (χ4v) is 1.49. The van der Waals surface area contributed by atoms with Crippen LogP contribution in [-0.2, 0) is 4.74 Å². The molecule has 0 aromatic heterocycles. The van der Waals surface area contributed by atoms with Gasteiger partial charge in [-0.2, -0.15) is 0 Å². The molecule has 0 saturated heterocycles. The van der Waals surface area contributed by atoms with E-state index in [9.17, 15) is 0 Å². The molecule has 0 saturated carbocycles. The van der Waals surface area contributed by atoms with Crippen molar-refractivity contribution in [1.82, 2.24) is 0 Å². The first-order chi connectivity index (χ1) is 7.38. The summed E-state index contributed by atoms with van der Waals surface area (Å²) in [7, 11) is 0. The summed E-state index contributed by atoms with van der Waals surface area (Å²) in [5, 5.41) is 17.5. The van der Waals surface area contributed by atoms with Crippen LogP contribution in [0, 0.1) is 0 Å². The summed E-state index contributed by atoms with van der Waals surface area (Å²) in [5.41, 5.74) is 1.10. The predicted molar refractivity (Wildman–Crippen MR) is 58.5 cm³/mol. The predicted octanol–water partition coefficient (Wildman–Crippen LogP) is 1.51. The van der Waals surface area contributed by atoms with E-state index in [1.54, 1.807) is 0 Å². The lowest BCUT2D eigenvalue weighted by molar-refractivity contribution is 0.0195. The molecule has 1 atom stereocenters. The third-order valence-electron chi connectivity index (χ3n) is 2.21. The lowest BCUT2D eigenvalue weighted by Crippen LogP contribution is -2.08. The number of hydrogen-bond donors (Lipinski definition) is 2. The van der Waals surface area contributed by atoms with Crippen molar-refractivity contribution in [3.05, 3.63) is 35.9 Å². The van der Waals surface area contributed by atoms with E-state index in [2.05, 4.69) is 0 Å². The lowest BCUT2D eigenvalue weighted by Gasteiger charge is -2.17. The minimum atomic E-state index is -0.0227. The Labute approximate surface area is 90.3 Å². The first kappa shape index (κ1) is 12.2. The average Bonchev–Trinajstić information content (AvgIpc) is 2.30. The summed E-state index contributed by atoms with van der Waals surface area (Å²) >= 11 is 0. The molecule has 0 aliphatic carbocycles. The van der Waals surface area contributed by atoms with Crippen molar-refractivity contribution in [1.29, 1.82) is 0 Å². The summed E-state index contributed by atoms with van der Waals surface area (Å²) in [6.07, 6.45) is 1.47. The first-order valence-corrected chi connectivity index (χ1v) is 5.26. The van der Waals surface area contributed by atoms with Gasteiger partial charge < -0.3 is 14.9 Å². The number of aliphatic hydroxyl groups is 2. The maximum Gasteiger partial charge on any atom is 0.0826 e. The summed E-state index contributed by atoms with van der Waals surface area (Å²) in [4.78, 5) is 0. The minimum absolute atomic E-state index is 0.0227. The largest absolute Gasteiger partial charge is 0.396 e. The fourth-order valence-electron chi connectivity index (χ4n) is 1.49. The van der Waals surface area contributed by atoms with Gasteiger partial charge >= 0.3 is 0 Å². The average molecular weight is 210 g/mol. The van der Waals surface area contributed by atoms with Crippen LogP contribution in [0.25, 0.3) is 0 Å². The van der Waals surface area contributed by atoms with Crippen LogP contribution in [0.5, 0.6) is 0 Å². The molecule has 0 aliphatic rings. The van der Waals surface area contributed by atoms with Crippen molar-refractivity contribution in [2.45, 2.75) is 18.9 Å². The molecule has 2 N–H and O–H groups in total. The standard InChI is InChI=1S/C12H18O3/c13-8-4-7-12(15-10-9-14)11-5-2-1-3-6-11/h1-3,5-6,12-14H,4,7-10H2. The number of rotatable bonds is 7. The summed E-state index contributed by atoms with van der Waals surface area (Å²) in [5.74, 6) is 0. The molecule has 15 heavy (non-hydrogen) atoms. The lowest BCUT2D eigenvalue weighted by atomic mass is 10.1. The van der Waals surface area contributed by atoms with Crippen molar-refractivity contribution >= 4 is 0 Å². The van der Waals surface area contributed by atoms with E-state index >= 15 is 0 Å². The molecule has 0 fully saturated rings. The van der Waals surface area contributed by atoms with Crippen molar-refractivity contribution < 1.29 is 14.9 Å². The van der Waals surface area contributed by atoms with Crippen molar-refractivity contribution in [3.8, 4) is 0 Å². The Morgan fingerprint density at radius 2 is 1.80 bits per heavy atom. The second kappa shape index (κ2) is 7.40. The summed E-state index contributed by atoms with van der Waals surface area (Å²) < 4.78 is 5.52. The van der Waals surface area contributed by atoms with Gasteiger partial charge in [-0.25, -0.2) is 0 Å². The topological polar surface area (TPSA) is 49.7 Å². The molecule has 0 spiro atoms. The first-order valence-electron chi connectivity index (χ1n) is 5.26. The van der Waals surface area contributed by atoms with Gasteiger partial charge in [-0.3, -0.25) is 0 Å². The Morgan fingerprint density at radius 1 is 1.07 bits per heavy atom. The second-order valence-electron chi connectivity index (χ2n) is 3.36. The van der Waals surface area contributed by atoms with E-state index in [1.807, 2.05) is 30.3 Å². The zero-order valence-electron chi connectivity index (χ0n) is 8.80. The van der Waals surface area contributed by atoms with Gasteiger partial charge in [-0.15, -0.1) is 0 Å². The molecule has 3 nitrogen and oxygen atoms in total. The smallest absolute Gasteiger partial charge is 0.0826 e. The normalized spacial score (nSPS) is 12.7. The highest BCUT2D eigenvalue weighted by molar-refractivity contribution is 5.17. The Morgan fingerprint density at radius 3 is 2.40 bits per heavy atom. The van der Waals surface area contributed by atoms with Crippen LogP contribution in [0.4, 0.5) is 0 Å². The number of ether oxygens (including phenoxy) is 1. The zero-order chi connectivity index (χ0) is 10.9. The van der Waals surface area contributed by atoms with Gasteiger partial charge in [0.15, 0.2) is 0 Å². The Kier molecular flexibility index (Phi) is 6.00. The van der Waals surface area contributed by atoms with Crippen molar-refractivity contribution in [2.24, 2.45) is 0 Å². The van der Waals surface area contributed by atoms with Crippen LogP contribution in [0.15, 0.2) is 30.3 Å². The van der Waals surface area contributed by atoms with E-state index in [0.29, 0.717) is 13.0 Å². The van der Waals surface area contributed by atoms with Crippen LogP contribution >= 0.6 is 0 Å².